The summed E-state index contributed by atoms with van der Waals surface area (Å²) in [7, 11) is 0. The van der Waals surface area contributed by atoms with E-state index in [2.05, 4.69) is 10.6 Å². The highest BCUT2D eigenvalue weighted by atomic mass is 35.5. The molecular formula is C21H18ClN3O2S2. The number of nitrogens with two attached hydrogens (primary N) is 1. The van der Waals surface area contributed by atoms with Gasteiger partial charge < -0.3 is 11.1 Å². The number of thiophene rings is 1. The zero-order chi connectivity index (χ0) is 21.0. The van der Waals surface area contributed by atoms with Gasteiger partial charge in [0.25, 0.3) is 11.8 Å². The molecule has 1 heterocycles. The topological polar surface area (TPSA) is 84.2 Å². The first-order chi connectivity index (χ1) is 13.8. The molecule has 0 fully saturated rings. The lowest BCUT2D eigenvalue weighted by Crippen LogP contribution is -2.34. The number of halogens is 1. The summed E-state index contributed by atoms with van der Waals surface area (Å²) in [4.78, 5) is 25.3. The van der Waals surface area contributed by atoms with Crippen molar-refractivity contribution in [1.29, 1.82) is 0 Å². The van der Waals surface area contributed by atoms with Crippen LogP contribution in [0.5, 0.6) is 0 Å². The van der Waals surface area contributed by atoms with E-state index < -0.39 is 5.91 Å². The van der Waals surface area contributed by atoms with Crippen LogP contribution in [0, 0.1) is 6.92 Å². The first kappa shape index (κ1) is 21.0. The Morgan fingerprint density at radius 1 is 1.10 bits per heavy atom. The smallest absolute Gasteiger partial charge is 0.257 e. The van der Waals surface area contributed by atoms with Crippen molar-refractivity contribution in [2.24, 2.45) is 5.73 Å². The summed E-state index contributed by atoms with van der Waals surface area (Å²) in [5.41, 5.74) is 8.31. The van der Waals surface area contributed by atoms with Crippen LogP contribution in [0.25, 0.3) is 0 Å². The van der Waals surface area contributed by atoms with Gasteiger partial charge >= 0.3 is 0 Å². The second kappa shape index (κ2) is 9.17. The molecule has 2 aromatic carbocycles. The van der Waals surface area contributed by atoms with Gasteiger partial charge in [-0.2, -0.15) is 0 Å². The van der Waals surface area contributed by atoms with Crippen molar-refractivity contribution in [2.45, 2.75) is 13.3 Å². The van der Waals surface area contributed by atoms with Gasteiger partial charge in [-0.25, -0.2) is 0 Å². The average Bonchev–Trinajstić information content (AvgIpc) is 2.97. The zero-order valence-corrected chi connectivity index (χ0v) is 17.9. The molecule has 148 valence electrons. The summed E-state index contributed by atoms with van der Waals surface area (Å²) in [5, 5.41) is 6.68. The van der Waals surface area contributed by atoms with Crippen molar-refractivity contribution < 1.29 is 9.59 Å². The van der Waals surface area contributed by atoms with E-state index in [4.69, 9.17) is 29.6 Å². The van der Waals surface area contributed by atoms with E-state index in [1.54, 1.807) is 24.3 Å². The Morgan fingerprint density at radius 2 is 1.76 bits per heavy atom. The molecule has 5 nitrogen and oxygen atoms in total. The van der Waals surface area contributed by atoms with Gasteiger partial charge in [0.15, 0.2) is 5.11 Å². The van der Waals surface area contributed by atoms with Crippen molar-refractivity contribution >= 4 is 57.1 Å². The zero-order valence-electron chi connectivity index (χ0n) is 15.5. The fraction of sp³-hybridized carbons (Fsp3) is 0.0952. The van der Waals surface area contributed by atoms with Crippen LogP contribution < -0.4 is 16.4 Å². The van der Waals surface area contributed by atoms with E-state index in [0.717, 1.165) is 16.0 Å². The minimum Gasteiger partial charge on any atom is -0.365 e. The van der Waals surface area contributed by atoms with E-state index in [1.165, 1.54) is 11.3 Å². The monoisotopic (exact) mass is 443 g/mol. The van der Waals surface area contributed by atoms with Crippen LogP contribution in [0.3, 0.4) is 0 Å². The van der Waals surface area contributed by atoms with Crippen LogP contribution in [-0.2, 0) is 6.42 Å². The quantitative estimate of drug-likeness (QED) is 0.506. The molecule has 4 N–H and O–H groups in total. The Labute approximate surface area is 182 Å². The number of thiocarbonyl (C=S) groups is 1. The molecule has 0 aliphatic rings. The van der Waals surface area contributed by atoms with E-state index in [-0.39, 0.29) is 11.0 Å². The van der Waals surface area contributed by atoms with E-state index in [9.17, 15) is 9.59 Å². The lowest BCUT2D eigenvalue weighted by atomic mass is 10.1. The number of carbonyl (C=O) groups excluding carboxylic acids is 2. The molecule has 0 radical (unpaired) electrons. The number of amides is 2. The molecule has 8 heteroatoms. The number of anilines is 1. The summed E-state index contributed by atoms with van der Waals surface area (Å²) in [6, 6.07) is 16.4. The van der Waals surface area contributed by atoms with Gasteiger partial charge in [-0.05, 0) is 54.5 Å². The third-order valence-corrected chi connectivity index (χ3v) is 5.92. The molecule has 0 aliphatic heterocycles. The molecular weight excluding hydrogens is 426 g/mol. The molecule has 2 amide bonds. The normalized spacial score (nSPS) is 10.4. The maximum Gasteiger partial charge on any atom is 0.257 e. The van der Waals surface area contributed by atoms with E-state index >= 15 is 0 Å². The molecule has 0 bridgehead atoms. The first-order valence-corrected chi connectivity index (χ1v) is 10.3. The van der Waals surface area contributed by atoms with Gasteiger partial charge in [0.1, 0.15) is 5.00 Å². The van der Waals surface area contributed by atoms with Crippen molar-refractivity contribution in [3.8, 4) is 0 Å². The Balaban J connectivity index is 1.77. The molecule has 3 aromatic rings. The SMILES string of the molecule is Cc1c(Cc2ccccc2)sc(NC(=S)NC(=O)c2ccc(Cl)cc2)c1C(N)=O. The lowest BCUT2D eigenvalue weighted by molar-refractivity contribution is 0.0975. The summed E-state index contributed by atoms with van der Waals surface area (Å²) in [6.07, 6.45) is 0.670. The Bertz CT molecular complexity index is 1060. The van der Waals surface area contributed by atoms with E-state index in [0.29, 0.717) is 27.6 Å². The van der Waals surface area contributed by atoms with Crippen molar-refractivity contribution in [3.63, 3.8) is 0 Å². The summed E-state index contributed by atoms with van der Waals surface area (Å²) < 4.78 is 0. The first-order valence-electron chi connectivity index (χ1n) is 8.69. The number of nitrogens with one attached hydrogen (secondary N) is 2. The molecule has 0 saturated heterocycles. The number of carbonyl (C=O) groups is 2. The van der Waals surface area contributed by atoms with Gasteiger partial charge in [0.05, 0.1) is 5.56 Å². The van der Waals surface area contributed by atoms with Crippen LogP contribution in [0.1, 0.15) is 36.7 Å². The van der Waals surface area contributed by atoms with Crippen LogP contribution in [-0.4, -0.2) is 16.9 Å². The fourth-order valence-electron chi connectivity index (χ4n) is 2.81. The third kappa shape index (κ3) is 5.20. The second-order valence-electron chi connectivity index (χ2n) is 6.30. The highest BCUT2D eigenvalue weighted by molar-refractivity contribution is 7.80. The van der Waals surface area contributed by atoms with Crippen molar-refractivity contribution in [3.05, 3.63) is 86.8 Å². The minimum absolute atomic E-state index is 0.0833. The standard InChI is InChI=1S/C21H18ClN3O2S2/c1-12-16(11-13-5-3-2-4-6-13)29-20(17(12)18(23)26)25-21(28)24-19(27)14-7-9-15(22)10-8-14/h2-10H,11H2,1H3,(H2,23,26)(H2,24,25,27,28). The molecule has 0 aliphatic carbocycles. The van der Waals surface area contributed by atoms with Crippen molar-refractivity contribution in [1.82, 2.24) is 5.32 Å². The van der Waals surface area contributed by atoms with Gasteiger partial charge in [-0.1, -0.05) is 41.9 Å². The molecule has 0 saturated carbocycles. The van der Waals surface area contributed by atoms with Crippen LogP contribution in [0.15, 0.2) is 54.6 Å². The van der Waals surface area contributed by atoms with Crippen LogP contribution >= 0.6 is 35.2 Å². The maximum atomic E-state index is 12.3. The Hall–Kier alpha value is -2.74. The molecule has 29 heavy (non-hydrogen) atoms. The average molecular weight is 444 g/mol. The lowest BCUT2D eigenvalue weighted by Gasteiger charge is -2.09. The predicted octanol–water partition coefficient (Wildman–Crippen LogP) is 4.53. The summed E-state index contributed by atoms with van der Waals surface area (Å²) >= 11 is 12.5. The molecule has 0 atom stereocenters. The largest absolute Gasteiger partial charge is 0.365 e. The van der Waals surface area contributed by atoms with Gasteiger partial charge in [-0.3, -0.25) is 14.9 Å². The van der Waals surface area contributed by atoms with Crippen molar-refractivity contribution in [2.75, 3.05) is 5.32 Å². The Kier molecular flexibility index (Phi) is 6.64. The van der Waals surface area contributed by atoms with Crippen LogP contribution in [0.4, 0.5) is 5.00 Å². The maximum absolute atomic E-state index is 12.3. The van der Waals surface area contributed by atoms with Gasteiger partial charge in [-0.15, -0.1) is 11.3 Å². The molecule has 0 spiro atoms. The molecule has 1 aromatic heterocycles. The number of hydrogen-bond acceptors (Lipinski definition) is 4. The van der Waals surface area contributed by atoms with Crippen LogP contribution in [0.2, 0.25) is 5.02 Å². The molecule has 0 unspecified atom stereocenters. The second-order valence-corrected chi connectivity index (χ2v) is 8.25. The number of rotatable bonds is 5. The summed E-state index contributed by atoms with van der Waals surface area (Å²) in [6.45, 7) is 1.86. The van der Waals surface area contributed by atoms with Gasteiger partial charge in [0.2, 0.25) is 0 Å². The minimum atomic E-state index is -0.549. The number of primary amides is 1. The Morgan fingerprint density at radius 3 is 2.38 bits per heavy atom. The number of benzene rings is 2. The molecule has 3 rings (SSSR count). The number of hydrogen-bond donors (Lipinski definition) is 3. The highest BCUT2D eigenvalue weighted by Crippen LogP contribution is 2.34. The highest BCUT2D eigenvalue weighted by Gasteiger charge is 2.20. The summed E-state index contributed by atoms with van der Waals surface area (Å²) in [5.74, 6) is -0.926. The van der Waals surface area contributed by atoms with E-state index in [1.807, 2.05) is 37.3 Å². The predicted molar refractivity (Wildman–Crippen MR) is 122 cm³/mol. The third-order valence-electron chi connectivity index (χ3n) is 4.26. The fourth-order valence-corrected chi connectivity index (χ4v) is 4.44. The van der Waals surface area contributed by atoms with Gasteiger partial charge in [0, 0.05) is 21.9 Å².